The largest absolute Gasteiger partial charge is 0.335 e. The lowest BCUT2D eigenvalue weighted by atomic mass is 10.2. The Hall–Kier alpha value is -1.78. The van der Waals surface area contributed by atoms with Crippen molar-refractivity contribution in [3.8, 4) is 11.4 Å². The van der Waals surface area contributed by atoms with Crippen molar-refractivity contribution in [1.82, 2.24) is 14.9 Å². The summed E-state index contributed by atoms with van der Waals surface area (Å²) in [6, 6.07) is 14.7. The fourth-order valence-corrected chi connectivity index (χ4v) is 3.35. The predicted octanol–water partition coefficient (Wildman–Crippen LogP) is 3.65. The van der Waals surface area contributed by atoms with Crippen LogP contribution in [0.5, 0.6) is 0 Å². The van der Waals surface area contributed by atoms with Gasteiger partial charge in [0.2, 0.25) is 11.1 Å². The predicted molar refractivity (Wildman–Crippen MR) is 109 cm³/mol. The number of aromatic nitrogens is 3. The van der Waals surface area contributed by atoms with Crippen molar-refractivity contribution in [3.05, 3.63) is 57.1 Å². The molecule has 0 bridgehead atoms. The third-order valence-electron chi connectivity index (χ3n) is 3.25. The molecule has 6 nitrogen and oxygen atoms in total. The lowest BCUT2D eigenvalue weighted by Crippen LogP contribution is -2.17. The summed E-state index contributed by atoms with van der Waals surface area (Å²) in [6.45, 7) is 0. The van der Waals surface area contributed by atoms with Gasteiger partial charge in [-0.1, -0.05) is 35.5 Å². The van der Waals surface area contributed by atoms with Crippen molar-refractivity contribution >= 4 is 57.5 Å². The summed E-state index contributed by atoms with van der Waals surface area (Å²) in [5.41, 5.74) is 1.58. The van der Waals surface area contributed by atoms with E-state index >= 15 is 0 Å². The van der Waals surface area contributed by atoms with Gasteiger partial charge in [-0.2, -0.15) is 0 Å². The van der Waals surface area contributed by atoms with Gasteiger partial charge in [-0.05, 0) is 59.0 Å². The Kier molecular flexibility index (Phi) is 5.82. The molecule has 9 heteroatoms. The maximum atomic E-state index is 12.1. The van der Waals surface area contributed by atoms with E-state index in [0.717, 1.165) is 14.8 Å². The second-order valence-corrected chi connectivity index (χ2v) is 7.54. The number of nitrogens with zero attached hydrogens (tertiary/aromatic N) is 3. The van der Waals surface area contributed by atoms with Crippen molar-refractivity contribution < 1.29 is 4.79 Å². The maximum absolute atomic E-state index is 12.1. The molecular formula is C16H13ClIN5OS. The van der Waals surface area contributed by atoms with Gasteiger partial charge < -0.3 is 11.2 Å². The number of nitrogens with one attached hydrogen (secondary N) is 1. The Balaban J connectivity index is 1.65. The number of anilines is 1. The second kappa shape index (κ2) is 8.07. The molecule has 3 N–H and O–H groups in total. The average molecular weight is 486 g/mol. The van der Waals surface area contributed by atoms with Gasteiger partial charge in [0.1, 0.15) is 0 Å². The number of benzene rings is 2. The highest BCUT2D eigenvalue weighted by molar-refractivity contribution is 14.1. The van der Waals surface area contributed by atoms with Crippen LogP contribution in [-0.2, 0) is 4.79 Å². The first kappa shape index (κ1) is 18.0. The third-order valence-corrected chi connectivity index (χ3v) is 5.38. The second-order valence-electron chi connectivity index (χ2n) is 5.00. The molecule has 0 saturated carbocycles. The van der Waals surface area contributed by atoms with E-state index in [-0.39, 0.29) is 11.7 Å². The molecule has 1 heterocycles. The van der Waals surface area contributed by atoms with Crippen LogP contribution in [0.1, 0.15) is 0 Å². The number of amides is 1. The Morgan fingerprint density at radius 2 is 1.92 bits per heavy atom. The van der Waals surface area contributed by atoms with Gasteiger partial charge in [0.15, 0.2) is 5.82 Å². The fourth-order valence-electron chi connectivity index (χ4n) is 2.05. The zero-order valence-corrected chi connectivity index (χ0v) is 16.5. The number of carbonyl (C=O) groups excluding carboxylic acids is 1. The molecule has 0 aliphatic heterocycles. The van der Waals surface area contributed by atoms with Crippen LogP contribution < -0.4 is 11.2 Å². The van der Waals surface area contributed by atoms with E-state index in [2.05, 4.69) is 38.1 Å². The summed E-state index contributed by atoms with van der Waals surface area (Å²) >= 11 is 9.28. The van der Waals surface area contributed by atoms with Gasteiger partial charge in [0, 0.05) is 14.2 Å². The number of para-hydroxylation sites is 1. The molecule has 2 aromatic carbocycles. The molecule has 0 unspecified atom stereocenters. The summed E-state index contributed by atoms with van der Waals surface area (Å²) < 4.78 is 2.35. The number of nitrogens with two attached hydrogens (primary N) is 1. The van der Waals surface area contributed by atoms with Gasteiger partial charge in [-0.25, -0.2) is 4.68 Å². The number of halogens is 2. The SMILES string of the molecule is Nn1c(SCC(=O)Nc2ccccc2I)nnc1-c1ccc(Cl)cc1. The Bertz CT molecular complexity index is 900. The minimum atomic E-state index is -0.134. The topological polar surface area (TPSA) is 85.8 Å². The highest BCUT2D eigenvalue weighted by Gasteiger charge is 2.14. The van der Waals surface area contributed by atoms with Gasteiger partial charge in [0.25, 0.3) is 0 Å². The van der Waals surface area contributed by atoms with Crippen LogP contribution in [0.4, 0.5) is 5.69 Å². The van der Waals surface area contributed by atoms with E-state index in [1.54, 1.807) is 12.1 Å². The Morgan fingerprint density at radius 1 is 1.20 bits per heavy atom. The molecule has 0 radical (unpaired) electrons. The minimum absolute atomic E-state index is 0.134. The third kappa shape index (κ3) is 4.44. The highest BCUT2D eigenvalue weighted by atomic mass is 127. The van der Waals surface area contributed by atoms with Crippen LogP contribution in [0.25, 0.3) is 11.4 Å². The van der Waals surface area contributed by atoms with Gasteiger partial charge in [-0.15, -0.1) is 10.2 Å². The van der Waals surface area contributed by atoms with Crippen LogP contribution in [0.2, 0.25) is 5.02 Å². The summed E-state index contributed by atoms with van der Waals surface area (Å²) in [4.78, 5) is 12.1. The number of rotatable bonds is 5. The lowest BCUT2D eigenvalue weighted by Gasteiger charge is -2.07. The Morgan fingerprint density at radius 3 is 2.64 bits per heavy atom. The van der Waals surface area contributed by atoms with E-state index in [1.165, 1.54) is 16.4 Å². The molecule has 0 fully saturated rings. The zero-order valence-electron chi connectivity index (χ0n) is 12.8. The molecule has 1 aromatic heterocycles. The van der Waals surface area contributed by atoms with E-state index in [0.29, 0.717) is 16.0 Å². The lowest BCUT2D eigenvalue weighted by molar-refractivity contribution is -0.113. The molecule has 0 atom stereocenters. The maximum Gasteiger partial charge on any atom is 0.234 e. The molecule has 3 rings (SSSR count). The van der Waals surface area contributed by atoms with E-state index in [9.17, 15) is 4.79 Å². The Labute approximate surface area is 167 Å². The van der Waals surface area contributed by atoms with Crippen LogP contribution in [0, 0.1) is 3.57 Å². The molecule has 1 amide bonds. The van der Waals surface area contributed by atoms with E-state index in [4.69, 9.17) is 17.4 Å². The number of carbonyl (C=O) groups is 1. The van der Waals surface area contributed by atoms with Crippen LogP contribution >= 0.6 is 46.0 Å². The average Bonchev–Trinajstić information content (AvgIpc) is 2.97. The van der Waals surface area contributed by atoms with E-state index in [1.807, 2.05) is 36.4 Å². The molecule has 128 valence electrons. The number of nitrogen functional groups attached to an aromatic ring is 1. The summed E-state index contributed by atoms with van der Waals surface area (Å²) in [5.74, 6) is 6.60. The molecule has 0 aliphatic carbocycles. The highest BCUT2D eigenvalue weighted by Crippen LogP contribution is 2.23. The zero-order chi connectivity index (χ0) is 17.8. The van der Waals surface area contributed by atoms with Crippen molar-refractivity contribution in [2.75, 3.05) is 16.9 Å². The monoisotopic (exact) mass is 485 g/mol. The first-order valence-electron chi connectivity index (χ1n) is 7.18. The van der Waals surface area contributed by atoms with Crippen LogP contribution in [-0.4, -0.2) is 26.5 Å². The first-order chi connectivity index (χ1) is 12.0. The van der Waals surface area contributed by atoms with Gasteiger partial charge in [0.05, 0.1) is 11.4 Å². The molecule has 0 spiro atoms. The van der Waals surface area contributed by atoms with E-state index < -0.39 is 0 Å². The van der Waals surface area contributed by atoms with Crippen LogP contribution in [0.3, 0.4) is 0 Å². The molecule has 3 aromatic rings. The summed E-state index contributed by atoms with van der Waals surface area (Å²) in [6.07, 6.45) is 0. The van der Waals surface area contributed by atoms with Gasteiger partial charge >= 0.3 is 0 Å². The standard InChI is InChI=1S/C16H13ClIN5OS/c17-11-7-5-10(6-8-11)15-21-22-16(23(15)19)25-9-14(24)20-13-4-2-1-3-12(13)18/h1-8H,9,19H2,(H,20,24). The summed E-state index contributed by atoms with van der Waals surface area (Å²) in [5, 5.41) is 12.1. The number of hydrogen-bond donors (Lipinski definition) is 2. The van der Waals surface area contributed by atoms with Crippen molar-refractivity contribution in [1.29, 1.82) is 0 Å². The number of hydrogen-bond acceptors (Lipinski definition) is 5. The van der Waals surface area contributed by atoms with Crippen molar-refractivity contribution in [2.24, 2.45) is 0 Å². The minimum Gasteiger partial charge on any atom is -0.335 e. The normalized spacial score (nSPS) is 10.6. The fraction of sp³-hybridized carbons (Fsp3) is 0.0625. The quantitative estimate of drug-likeness (QED) is 0.327. The van der Waals surface area contributed by atoms with Crippen LogP contribution in [0.15, 0.2) is 53.7 Å². The molecule has 0 saturated heterocycles. The van der Waals surface area contributed by atoms with Crippen molar-refractivity contribution in [2.45, 2.75) is 5.16 Å². The summed E-state index contributed by atoms with van der Waals surface area (Å²) in [7, 11) is 0. The molecule has 25 heavy (non-hydrogen) atoms. The molecule has 0 aliphatic rings. The van der Waals surface area contributed by atoms with Gasteiger partial charge in [-0.3, -0.25) is 4.79 Å². The first-order valence-corrected chi connectivity index (χ1v) is 9.62. The molecular weight excluding hydrogens is 473 g/mol. The number of thioether (sulfide) groups is 1. The smallest absolute Gasteiger partial charge is 0.234 e. The van der Waals surface area contributed by atoms with Crippen molar-refractivity contribution in [3.63, 3.8) is 0 Å².